The van der Waals surface area contributed by atoms with Crippen LogP contribution < -0.4 is 4.74 Å². The highest BCUT2D eigenvalue weighted by Gasteiger charge is 2.14. The van der Waals surface area contributed by atoms with Gasteiger partial charge in [-0.3, -0.25) is 10.1 Å². The predicted molar refractivity (Wildman–Crippen MR) is 73.9 cm³/mol. The Balaban J connectivity index is 2.19. The molecule has 102 valence electrons. The zero-order valence-electron chi connectivity index (χ0n) is 9.95. The van der Waals surface area contributed by atoms with Gasteiger partial charge < -0.3 is 9.84 Å². The molecule has 0 heterocycles. The first kappa shape index (κ1) is 14.0. The molecule has 0 amide bonds. The van der Waals surface area contributed by atoms with Crippen LogP contribution in [-0.2, 0) is 0 Å². The normalized spacial score (nSPS) is 10.1. The summed E-state index contributed by atoms with van der Waals surface area (Å²) < 4.78 is 5.65. The van der Waals surface area contributed by atoms with Crippen LogP contribution in [0.15, 0.2) is 46.9 Å². The molecule has 20 heavy (non-hydrogen) atoms. The Bertz CT molecular complexity index is 669. The quantitative estimate of drug-likeness (QED) is 0.401. The van der Waals surface area contributed by atoms with Crippen molar-refractivity contribution >= 4 is 27.6 Å². The smallest absolute Gasteiger partial charge is 0.347 e. The fourth-order valence-electron chi connectivity index (χ4n) is 1.47. The minimum Gasteiger partial charge on any atom is -0.507 e. The molecule has 0 spiro atoms. The van der Waals surface area contributed by atoms with Crippen LogP contribution >= 0.6 is 15.9 Å². The number of benzene rings is 2. The van der Waals surface area contributed by atoms with Gasteiger partial charge in [0.2, 0.25) is 0 Å². The molecule has 0 saturated carbocycles. The minimum atomic E-state index is -0.752. The number of halogens is 1. The third kappa shape index (κ3) is 3.12. The summed E-state index contributed by atoms with van der Waals surface area (Å²) in [5.74, 6) is -0.808. The van der Waals surface area contributed by atoms with Crippen LogP contribution in [0.25, 0.3) is 0 Å². The van der Waals surface area contributed by atoms with E-state index >= 15 is 0 Å². The number of hydrogen-bond donors (Lipinski definition) is 1. The fourth-order valence-corrected chi connectivity index (χ4v) is 1.83. The van der Waals surface area contributed by atoms with Gasteiger partial charge in [0.1, 0.15) is 17.1 Å². The Kier molecular flexibility index (Phi) is 3.99. The number of nitrogens with zero attached hydrogens (tertiary/aromatic N) is 1. The Labute approximate surface area is 121 Å². The molecule has 0 aliphatic rings. The number of rotatable bonds is 3. The molecule has 2 aromatic rings. The Morgan fingerprint density at radius 1 is 1.20 bits per heavy atom. The number of ether oxygens (including phenoxy) is 1. The van der Waals surface area contributed by atoms with E-state index in [-0.39, 0.29) is 22.7 Å². The summed E-state index contributed by atoms with van der Waals surface area (Å²) in [6.45, 7) is 0. The topological polar surface area (TPSA) is 89.7 Å². The maximum atomic E-state index is 11.9. The van der Waals surface area contributed by atoms with Gasteiger partial charge in [-0.05, 0) is 30.3 Å². The summed E-state index contributed by atoms with van der Waals surface area (Å²) in [6, 6.07) is 9.43. The Morgan fingerprint density at radius 2 is 1.85 bits per heavy atom. The Hall–Kier alpha value is -2.41. The van der Waals surface area contributed by atoms with Gasteiger partial charge in [-0.25, -0.2) is 4.79 Å². The molecule has 0 saturated heterocycles. The first-order valence-corrected chi connectivity index (χ1v) is 6.22. The molecule has 0 aliphatic heterocycles. The minimum absolute atomic E-state index is 0.00210. The highest BCUT2D eigenvalue weighted by atomic mass is 79.9. The summed E-state index contributed by atoms with van der Waals surface area (Å²) in [6.07, 6.45) is 0. The molecular weight excluding hydrogens is 330 g/mol. The first-order chi connectivity index (χ1) is 9.47. The number of carbonyl (C=O) groups excluding carboxylic acids is 1. The zero-order chi connectivity index (χ0) is 14.7. The van der Waals surface area contributed by atoms with Crippen molar-refractivity contribution in [1.29, 1.82) is 0 Å². The molecule has 0 aromatic heterocycles. The second-order valence-electron chi connectivity index (χ2n) is 3.80. The third-order valence-electron chi connectivity index (χ3n) is 2.44. The maximum Gasteiger partial charge on any atom is 0.347 e. The van der Waals surface area contributed by atoms with Crippen molar-refractivity contribution in [1.82, 2.24) is 0 Å². The fraction of sp³-hybridized carbons (Fsp3) is 0. The molecule has 0 atom stereocenters. The third-order valence-corrected chi connectivity index (χ3v) is 2.93. The van der Waals surface area contributed by atoms with Crippen molar-refractivity contribution < 1.29 is 19.6 Å². The second kappa shape index (κ2) is 5.70. The monoisotopic (exact) mass is 337 g/mol. The largest absolute Gasteiger partial charge is 0.507 e. The average molecular weight is 338 g/mol. The highest BCUT2D eigenvalue weighted by molar-refractivity contribution is 9.10. The van der Waals surface area contributed by atoms with Crippen LogP contribution in [0.4, 0.5) is 5.69 Å². The van der Waals surface area contributed by atoms with Crippen molar-refractivity contribution in [2.24, 2.45) is 0 Å². The predicted octanol–water partition coefficient (Wildman–Crippen LogP) is 3.28. The average Bonchev–Trinajstić information content (AvgIpc) is 2.42. The summed E-state index contributed by atoms with van der Waals surface area (Å²) in [5.41, 5.74) is -0.104. The Morgan fingerprint density at radius 3 is 2.45 bits per heavy atom. The van der Waals surface area contributed by atoms with Crippen LogP contribution in [0.3, 0.4) is 0 Å². The lowest BCUT2D eigenvalue weighted by Gasteiger charge is -2.06. The van der Waals surface area contributed by atoms with Crippen LogP contribution in [0.5, 0.6) is 11.5 Å². The van der Waals surface area contributed by atoms with Crippen molar-refractivity contribution in [3.8, 4) is 11.5 Å². The number of non-ortho nitro benzene ring substituents is 1. The number of esters is 1. The lowest BCUT2D eigenvalue weighted by Crippen LogP contribution is -2.08. The van der Waals surface area contributed by atoms with E-state index in [2.05, 4.69) is 15.9 Å². The molecule has 0 unspecified atom stereocenters. The van der Waals surface area contributed by atoms with Gasteiger partial charge in [0.25, 0.3) is 5.69 Å². The van der Waals surface area contributed by atoms with Gasteiger partial charge in [-0.2, -0.15) is 0 Å². The van der Waals surface area contributed by atoms with E-state index in [1.165, 1.54) is 36.4 Å². The molecule has 6 nitrogen and oxygen atoms in total. The van der Waals surface area contributed by atoms with Crippen molar-refractivity contribution in [2.75, 3.05) is 0 Å². The molecule has 7 heteroatoms. The van der Waals surface area contributed by atoms with E-state index < -0.39 is 10.9 Å². The number of aromatic hydroxyl groups is 1. The van der Waals surface area contributed by atoms with Gasteiger partial charge in [-0.1, -0.05) is 15.9 Å². The van der Waals surface area contributed by atoms with Crippen molar-refractivity contribution in [3.63, 3.8) is 0 Å². The maximum absolute atomic E-state index is 11.9. The van der Waals surface area contributed by atoms with Crippen LogP contribution in [-0.4, -0.2) is 16.0 Å². The molecular formula is C13H8BrNO5. The van der Waals surface area contributed by atoms with E-state index in [4.69, 9.17) is 4.74 Å². The van der Waals surface area contributed by atoms with E-state index in [0.717, 1.165) is 0 Å². The molecule has 0 radical (unpaired) electrons. The lowest BCUT2D eigenvalue weighted by molar-refractivity contribution is -0.384. The van der Waals surface area contributed by atoms with Crippen LogP contribution in [0.2, 0.25) is 0 Å². The zero-order valence-corrected chi connectivity index (χ0v) is 11.5. The van der Waals surface area contributed by atoms with Crippen LogP contribution in [0.1, 0.15) is 10.4 Å². The van der Waals surface area contributed by atoms with Crippen LogP contribution in [0, 0.1) is 10.1 Å². The molecule has 1 N–H and O–H groups in total. The van der Waals surface area contributed by atoms with E-state index in [1.54, 1.807) is 6.07 Å². The molecule has 0 aliphatic carbocycles. The van der Waals surface area contributed by atoms with E-state index in [0.29, 0.717) is 4.47 Å². The van der Waals surface area contributed by atoms with Gasteiger partial charge in [-0.15, -0.1) is 0 Å². The number of nitro benzene ring substituents is 1. The molecule has 0 bridgehead atoms. The van der Waals surface area contributed by atoms with Crippen molar-refractivity contribution in [2.45, 2.75) is 0 Å². The van der Waals surface area contributed by atoms with E-state index in [1.807, 2.05) is 0 Å². The van der Waals surface area contributed by atoms with Gasteiger partial charge in [0.05, 0.1) is 4.92 Å². The number of nitro groups is 1. The summed E-state index contributed by atoms with van der Waals surface area (Å²) in [4.78, 5) is 21.8. The van der Waals surface area contributed by atoms with Gasteiger partial charge in [0, 0.05) is 16.6 Å². The first-order valence-electron chi connectivity index (χ1n) is 5.42. The molecule has 2 aromatic carbocycles. The number of hydrogen-bond acceptors (Lipinski definition) is 5. The second-order valence-corrected chi connectivity index (χ2v) is 4.72. The number of phenols is 1. The summed E-state index contributed by atoms with van der Waals surface area (Å²) >= 11 is 3.18. The number of carbonyl (C=O) groups is 1. The standard InChI is InChI=1S/C13H8BrNO5/c14-8-1-6-12(16)11(7-8)13(17)20-10-4-2-9(3-5-10)15(18)19/h1-7,16H. The molecule has 2 rings (SSSR count). The lowest BCUT2D eigenvalue weighted by atomic mass is 10.2. The summed E-state index contributed by atoms with van der Waals surface area (Å²) in [5, 5.41) is 20.1. The SMILES string of the molecule is O=C(Oc1ccc([N+](=O)[O-])cc1)c1cc(Br)ccc1O. The highest BCUT2D eigenvalue weighted by Crippen LogP contribution is 2.24. The van der Waals surface area contributed by atoms with Gasteiger partial charge >= 0.3 is 5.97 Å². The van der Waals surface area contributed by atoms with Gasteiger partial charge in [0.15, 0.2) is 0 Å². The van der Waals surface area contributed by atoms with Crippen molar-refractivity contribution in [3.05, 3.63) is 62.6 Å². The summed E-state index contributed by atoms with van der Waals surface area (Å²) in [7, 11) is 0. The number of phenolic OH excluding ortho intramolecular Hbond substituents is 1. The van der Waals surface area contributed by atoms with E-state index in [9.17, 15) is 20.0 Å². The molecule has 0 fully saturated rings.